The molecule has 94 heavy (non-hydrogen) atoms. The standard InChI is InChI=1S/C88H58BN5/c1-7-22-59(23-8-1)63-38-45-72(46-39-63)92-83-50-43-68(61-26-11-3-12-27-61)54-77(83)89-78-55-69(62-28-13-4-14-29-62)44-51-84(78)93(73-47-40-64(41-48-73)60-24-9-2-10-25-60)86-57-71(56-85(92)87(86)89)67-42-49-82-76(53-67)75-36-19-20-37-81(75)94(82)74-35-21-34-70(52-74)88-90-79(65-30-15-5-16-31-65)58-80(91-88)66-32-17-6-18-33-66/h1-58H. The van der Waals surface area contributed by atoms with Gasteiger partial charge in [0.05, 0.1) is 22.4 Å². The molecule has 0 N–H and O–H groups in total. The van der Waals surface area contributed by atoms with Gasteiger partial charge in [0, 0.05) is 67.3 Å². The van der Waals surface area contributed by atoms with Crippen molar-refractivity contribution in [2.75, 3.05) is 9.80 Å². The Morgan fingerprint density at radius 2 is 0.606 bits per heavy atom. The first-order valence-corrected chi connectivity index (χ1v) is 32.2. The average molecular weight is 1200 g/mol. The van der Waals surface area contributed by atoms with Crippen LogP contribution in [-0.4, -0.2) is 21.2 Å². The van der Waals surface area contributed by atoms with E-state index in [0.717, 1.165) is 95.4 Å². The van der Waals surface area contributed by atoms with E-state index in [0.29, 0.717) is 5.82 Å². The molecule has 18 rings (SSSR count). The number of para-hydroxylation sites is 1. The number of aromatic nitrogens is 3. The fourth-order valence-electron chi connectivity index (χ4n) is 14.5. The van der Waals surface area contributed by atoms with Gasteiger partial charge in [-0.15, -0.1) is 0 Å². The lowest BCUT2D eigenvalue weighted by molar-refractivity contribution is 1.16. The van der Waals surface area contributed by atoms with E-state index in [1.807, 2.05) is 12.1 Å². The highest BCUT2D eigenvalue weighted by Crippen LogP contribution is 2.48. The molecule has 0 aliphatic carbocycles. The molecule has 0 radical (unpaired) electrons. The van der Waals surface area contributed by atoms with E-state index in [4.69, 9.17) is 9.97 Å². The van der Waals surface area contributed by atoms with E-state index < -0.39 is 0 Å². The van der Waals surface area contributed by atoms with Gasteiger partial charge in [-0.3, -0.25) is 0 Å². The van der Waals surface area contributed by atoms with Gasteiger partial charge in [0.15, 0.2) is 5.82 Å². The lowest BCUT2D eigenvalue weighted by Crippen LogP contribution is -2.61. The number of fused-ring (bicyclic) bond motifs is 7. The second-order valence-electron chi connectivity index (χ2n) is 24.5. The zero-order valence-corrected chi connectivity index (χ0v) is 51.3. The number of benzene rings is 14. The molecule has 438 valence electrons. The van der Waals surface area contributed by atoms with Crippen molar-refractivity contribution in [1.29, 1.82) is 0 Å². The molecule has 0 fully saturated rings. The molecule has 0 saturated heterocycles. The summed E-state index contributed by atoms with van der Waals surface area (Å²) in [5.41, 5.74) is 30.2. The van der Waals surface area contributed by atoms with E-state index in [-0.39, 0.29) is 6.71 Å². The molecule has 2 aromatic heterocycles. The number of nitrogens with zero attached hydrogens (tertiary/aromatic N) is 5. The summed E-state index contributed by atoms with van der Waals surface area (Å²) < 4.78 is 2.40. The van der Waals surface area contributed by atoms with Crippen LogP contribution in [0.3, 0.4) is 0 Å². The van der Waals surface area contributed by atoms with E-state index >= 15 is 0 Å². The topological polar surface area (TPSA) is 37.2 Å². The number of hydrogen-bond donors (Lipinski definition) is 0. The minimum absolute atomic E-state index is 0.136. The van der Waals surface area contributed by atoms with Gasteiger partial charge in [-0.2, -0.15) is 0 Å². The fourth-order valence-corrected chi connectivity index (χ4v) is 14.5. The van der Waals surface area contributed by atoms with E-state index in [1.54, 1.807) is 0 Å². The fraction of sp³-hybridized carbons (Fsp3) is 0. The normalized spacial score (nSPS) is 12.2. The highest BCUT2D eigenvalue weighted by molar-refractivity contribution is 7.00. The summed E-state index contributed by atoms with van der Waals surface area (Å²) in [6.07, 6.45) is 0. The molecular formula is C88H58BN5. The summed E-state index contributed by atoms with van der Waals surface area (Å²) >= 11 is 0. The third-order valence-electron chi connectivity index (χ3n) is 19.0. The first-order valence-electron chi connectivity index (χ1n) is 32.2. The van der Waals surface area contributed by atoms with Crippen LogP contribution in [0.2, 0.25) is 0 Å². The van der Waals surface area contributed by atoms with Crippen LogP contribution in [0.25, 0.3) is 117 Å². The van der Waals surface area contributed by atoms with Crippen molar-refractivity contribution in [3.8, 4) is 95.2 Å². The van der Waals surface area contributed by atoms with Crippen molar-refractivity contribution >= 4 is 79.0 Å². The summed E-state index contributed by atoms with van der Waals surface area (Å²) in [6, 6.07) is 128. The predicted octanol–water partition coefficient (Wildman–Crippen LogP) is 21.0. The predicted molar refractivity (Wildman–Crippen MR) is 394 cm³/mol. The van der Waals surface area contributed by atoms with Crippen LogP contribution < -0.4 is 26.2 Å². The molecule has 2 aliphatic rings. The molecule has 5 nitrogen and oxygen atoms in total. The summed E-state index contributed by atoms with van der Waals surface area (Å²) in [4.78, 5) is 15.6. The van der Waals surface area contributed by atoms with Crippen molar-refractivity contribution in [2.24, 2.45) is 0 Å². The maximum Gasteiger partial charge on any atom is 0.252 e. The molecule has 0 atom stereocenters. The molecular weight excluding hydrogens is 1140 g/mol. The molecule has 6 heteroatoms. The smallest absolute Gasteiger partial charge is 0.252 e. The molecule has 0 unspecified atom stereocenters. The second kappa shape index (κ2) is 22.8. The van der Waals surface area contributed by atoms with Gasteiger partial charge in [-0.1, -0.05) is 267 Å². The van der Waals surface area contributed by atoms with Gasteiger partial charge >= 0.3 is 0 Å². The maximum atomic E-state index is 5.26. The Kier molecular flexibility index (Phi) is 13.3. The van der Waals surface area contributed by atoms with Gasteiger partial charge in [0.2, 0.25) is 0 Å². The van der Waals surface area contributed by atoms with Crippen molar-refractivity contribution < 1.29 is 0 Å². The molecule has 0 bridgehead atoms. The Balaban J connectivity index is 0.857. The zero-order valence-electron chi connectivity index (χ0n) is 51.3. The lowest BCUT2D eigenvalue weighted by Gasteiger charge is -2.44. The van der Waals surface area contributed by atoms with Crippen LogP contribution in [0.15, 0.2) is 352 Å². The molecule has 14 aromatic carbocycles. The number of anilines is 6. The van der Waals surface area contributed by atoms with Crippen molar-refractivity contribution in [2.45, 2.75) is 0 Å². The van der Waals surface area contributed by atoms with Crippen LogP contribution in [-0.2, 0) is 0 Å². The third-order valence-corrected chi connectivity index (χ3v) is 19.0. The monoisotopic (exact) mass is 1200 g/mol. The second-order valence-corrected chi connectivity index (χ2v) is 24.5. The molecule has 4 heterocycles. The molecule has 16 aromatic rings. The highest BCUT2D eigenvalue weighted by Gasteiger charge is 2.44. The number of hydrogen-bond acceptors (Lipinski definition) is 4. The number of rotatable bonds is 11. The largest absolute Gasteiger partial charge is 0.311 e. The van der Waals surface area contributed by atoms with E-state index in [9.17, 15) is 0 Å². The van der Waals surface area contributed by atoms with Crippen molar-refractivity contribution in [1.82, 2.24) is 14.5 Å². The van der Waals surface area contributed by atoms with Crippen LogP contribution in [0.4, 0.5) is 34.1 Å². The first-order chi connectivity index (χ1) is 46.6. The van der Waals surface area contributed by atoms with E-state index in [2.05, 4.69) is 354 Å². The van der Waals surface area contributed by atoms with Crippen molar-refractivity contribution in [3.63, 3.8) is 0 Å². The minimum atomic E-state index is -0.136. The Labute approximate surface area is 547 Å². The van der Waals surface area contributed by atoms with Crippen LogP contribution in [0.5, 0.6) is 0 Å². The summed E-state index contributed by atoms with van der Waals surface area (Å²) in [7, 11) is 0. The quantitative estimate of drug-likeness (QED) is 0.121. The zero-order chi connectivity index (χ0) is 62.1. The average Bonchev–Trinajstić information content (AvgIpc) is 0.791. The van der Waals surface area contributed by atoms with Gasteiger partial charge in [-0.25, -0.2) is 9.97 Å². The van der Waals surface area contributed by atoms with Gasteiger partial charge < -0.3 is 14.4 Å². The Hall–Kier alpha value is -12.4. The molecule has 0 saturated carbocycles. The SMILES string of the molecule is c1ccc(-c2ccc(N3c4ccc(-c5ccccc5)cc4B4c5cc(-c6ccccc6)ccc5N(c5ccc(-c6ccccc6)cc5)c5cc(-c6ccc7c(c6)c6ccccc6n7-c6cccc(-c7nc(-c8ccccc8)cc(-c8ccccc8)n7)c6)cc3c54)cc2)cc1. The Bertz CT molecular complexity index is 5270. The Morgan fingerprint density at radius 3 is 1.10 bits per heavy atom. The molecule has 2 aliphatic heterocycles. The van der Waals surface area contributed by atoms with Gasteiger partial charge in [0.25, 0.3) is 6.71 Å². The highest BCUT2D eigenvalue weighted by atomic mass is 15.2. The summed E-state index contributed by atoms with van der Waals surface area (Å²) in [6.45, 7) is -0.136. The lowest BCUT2D eigenvalue weighted by atomic mass is 9.33. The van der Waals surface area contributed by atoms with Crippen LogP contribution in [0, 0.1) is 0 Å². The summed E-state index contributed by atoms with van der Waals surface area (Å²) in [5, 5.41) is 2.33. The first kappa shape index (κ1) is 54.5. The maximum absolute atomic E-state index is 5.26. The molecule has 0 amide bonds. The Morgan fingerprint density at radius 1 is 0.223 bits per heavy atom. The van der Waals surface area contributed by atoms with Crippen LogP contribution in [0.1, 0.15) is 0 Å². The van der Waals surface area contributed by atoms with Gasteiger partial charge in [-0.05, 0) is 157 Å². The van der Waals surface area contributed by atoms with Crippen LogP contribution >= 0.6 is 0 Å². The minimum Gasteiger partial charge on any atom is -0.311 e. The van der Waals surface area contributed by atoms with Crippen molar-refractivity contribution in [3.05, 3.63) is 352 Å². The van der Waals surface area contributed by atoms with Gasteiger partial charge in [0.1, 0.15) is 0 Å². The molecule has 0 spiro atoms. The van der Waals surface area contributed by atoms with E-state index in [1.165, 1.54) is 66.3 Å². The summed E-state index contributed by atoms with van der Waals surface area (Å²) in [5.74, 6) is 0.671. The third kappa shape index (κ3) is 9.50.